The Morgan fingerprint density at radius 1 is 1.27 bits per heavy atom. The lowest BCUT2D eigenvalue weighted by molar-refractivity contribution is -0.122. The van der Waals surface area contributed by atoms with Crippen LogP contribution in [0.4, 0.5) is 17.5 Å². The van der Waals surface area contributed by atoms with Crippen LogP contribution >= 0.6 is 0 Å². The van der Waals surface area contributed by atoms with E-state index in [-0.39, 0.29) is 11.9 Å². The minimum Gasteiger partial charge on any atom is -0.478 e. The fourth-order valence-electron chi connectivity index (χ4n) is 5.47. The van der Waals surface area contributed by atoms with Crippen molar-refractivity contribution in [1.29, 1.82) is 0 Å². The maximum Gasteiger partial charge on any atom is 0.256 e. The molecule has 0 spiro atoms. The molecule has 0 aliphatic carbocycles. The van der Waals surface area contributed by atoms with Crippen LogP contribution in [0, 0.1) is 6.92 Å². The van der Waals surface area contributed by atoms with Crippen LogP contribution in [-0.4, -0.2) is 91.8 Å². The van der Waals surface area contributed by atoms with Crippen LogP contribution in [0.2, 0.25) is 0 Å². The number of nitrogens with zero attached hydrogens (tertiary/aromatic N) is 7. The zero-order valence-electron chi connectivity index (χ0n) is 24.0. The number of likely N-dealkylation sites (tertiary alicyclic amines) is 1. The summed E-state index contributed by atoms with van der Waals surface area (Å²) in [6, 6.07) is 2.30. The van der Waals surface area contributed by atoms with E-state index in [0.717, 1.165) is 60.1 Å². The summed E-state index contributed by atoms with van der Waals surface area (Å²) in [5.74, 6) is 1.37. The lowest BCUT2D eigenvalue weighted by atomic mass is 10.0. The van der Waals surface area contributed by atoms with Gasteiger partial charge in [0.2, 0.25) is 11.9 Å². The first kappa shape index (κ1) is 27.5. The fraction of sp³-hybridized carbons (Fsp3) is 0.464. The zero-order chi connectivity index (χ0) is 28.4. The van der Waals surface area contributed by atoms with Gasteiger partial charge in [0.25, 0.3) is 5.88 Å². The standard InChI is InChI=1S/C28H38N10O2/c1-7-22(38-12-9-18(10-13-38)36(3)4)26(39)34-25-24-19(8-11-29-25)20(15-30-24)23-17(2)14-31-28(33-23)32-21-16-37(5)35-27(21)40-6/h8,11,14-16,18,22,30H,7,9-10,12-13H2,1-6H3,(H,29,34,39)(H,31,32,33). The Bertz CT molecular complexity index is 1490. The number of piperidine rings is 1. The van der Waals surface area contributed by atoms with E-state index in [1.165, 1.54) is 0 Å². The molecule has 1 fully saturated rings. The van der Waals surface area contributed by atoms with Crippen molar-refractivity contribution in [1.82, 2.24) is 39.5 Å². The topological polar surface area (TPSA) is 129 Å². The molecule has 4 aromatic heterocycles. The van der Waals surface area contributed by atoms with Crippen LogP contribution in [-0.2, 0) is 11.8 Å². The predicted octanol–water partition coefficient (Wildman–Crippen LogP) is 3.56. The summed E-state index contributed by atoms with van der Waals surface area (Å²) in [5, 5.41) is 11.5. The average molecular weight is 547 g/mol. The van der Waals surface area contributed by atoms with Crippen molar-refractivity contribution in [2.24, 2.45) is 7.05 Å². The summed E-state index contributed by atoms with van der Waals surface area (Å²) in [7, 11) is 7.64. The number of ether oxygens (including phenoxy) is 1. The highest BCUT2D eigenvalue weighted by molar-refractivity contribution is 6.05. The number of carbonyl (C=O) groups excluding carboxylic acids is 1. The van der Waals surface area contributed by atoms with Gasteiger partial charge in [-0.25, -0.2) is 15.0 Å². The molecule has 212 valence electrons. The maximum absolute atomic E-state index is 13.4. The Hall–Kier alpha value is -4.03. The van der Waals surface area contributed by atoms with Crippen molar-refractivity contribution in [2.45, 2.75) is 45.2 Å². The summed E-state index contributed by atoms with van der Waals surface area (Å²) >= 11 is 0. The number of anilines is 3. The number of aryl methyl sites for hydroxylation is 2. The number of hydrogen-bond acceptors (Lipinski definition) is 9. The van der Waals surface area contributed by atoms with Gasteiger partial charge in [-0.2, -0.15) is 0 Å². The van der Waals surface area contributed by atoms with Gasteiger partial charge in [-0.05, 0) is 51.9 Å². The number of rotatable bonds is 9. The second kappa shape index (κ2) is 11.6. The van der Waals surface area contributed by atoms with Crippen LogP contribution in [0.15, 0.2) is 30.9 Å². The summed E-state index contributed by atoms with van der Waals surface area (Å²) in [5.41, 5.74) is 4.01. The number of nitrogens with one attached hydrogen (secondary N) is 3. The molecule has 1 aliphatic rings. The Kier molecular flexibility index (Phi) is 7.99. The Morgan fingerprint density at radius 3 is 2.75 bits per heavy atom. The molecule has 5 heterocycles. The number of pyridine rings is 1. The van der Waals surface area contributed by atoms with Crippen molar-refractivity contribution in [3.63, 3.8) is 0 Å². The summed E-state index contributed by atoms with van der Waals surface area (Å²) in [6.07, 6.45) is 10.1. The third-order valence-electron chi connectivity index (χ3n) is 7.66. The Labute approximate surface area is 234 Å². The molecule has 1 atom stereocenters. The van der Waals surface area contributed by atoms with Gasteiger partial charge in [0.15, 0.2) is 5.82 Å². The van der Waals surface area contributed by atoms with Crippen LogP contribution < -0.4 is 15.4 Å². The van der Waals surface area contributed by atoms with Crippen molar-refractivity contribution in [3.8, 4) is 17.1 Å². The van der Waals surface area contributed by atoms with E-state index >= 15 is 0 Å². The van der Waals surface area contributed by atoms with Crippen molar-refractivity contribution in [3.05, 3.63) is 36.4 Å². The van der Waals surface area contributed by atoms with Crippen LogP contribution in [0.5, 0.6) is 5.88 Å². The number of methoxy groups -OCH3 is 1. The third kappa shape index (κ3) is 5.50. The molecular weight excluding hydrogens is 508 g/mol. The lowest BCUT2D eigenvalue weighted by Crippen LogP contribution is -2.50. The molecule has 40 heavy (non-hydrogen) atoms. The highest BCUT2D eigenvalue weighted by Gasteiger charge is 2.30. The molecule has 3 N–H and O–H groups in total. The smallest absolute Gasteiger partial charge is 0.256 e. The highest BCUT2D eigenvalue weighted by Crippen LogP contribution is 2.33. The van der Waals surface area contributed by atoms with Gasteiger partial charge in [-0.3, -0.25) is 14.4 Å². The summed E-state index contributed by atoms with van der Waals surface area (Å²) < 4.78 is 7.00. The lowest BCUT2D eigenvalue weighted by Gasteiger charge is -2.38. The monoisotopic (exact) mass is 546 g/mol. The molecule has 0 radical (unpaired) electrons. The van der Waals surface area contributed by atoms with E-state index in [0.29, 0.717) is 29.4 Å². The van der Waals surface area contributed by atoms with Crippen molar-refractivity contribution in [2.75, 3.05) is 44.9 Å². The normalized spacial score (nSPS) is 15.5. The first-order chi connectivity index (χ1) is 19.3. The van der Waals surface area contributed by atoms with Crippen molar-refractivity contribution >= 4 is 34.3 Å². The second-order valence-corrected chi connectivity index (χ2v) is 10.5. The molecule has 12 nitrogen and oxygen atoms in total. The number of hydrogen-bond donors (Lipinski definition) is 3. The SMILES string of the molecule is CCC(C(=O)Nc1nccc2c(-c3nc(Nc4cn(C)nc4OC)ncc3C)c[nH]c12)N1CCC(N(C)C)CC1. The van der Waals surface area contributed by atoms with E-state index in [4.69, 9.17) is 9.72 Å². The van der Waals surface area contributed by atoms with Gasteiger partial charge in [-0.1, -0.05) is 6.92 Å². The second-order valence-electron chi connectivity index (χ2n) is 10.5. The van der Waals surface area contributed by atoms with Crippen molar-refractivity contribution < 1.29 is 9.53 Å². The quantitative estimate of drug-likeness (QED) is 0.289. The minimum absolute atomic E-state index is 0.0305. The zero-order valence-corrected chi connectivity index (χ0v) is 24.0. The molecule has 1 saturated heterocycles. The van der Waals surface area contributed by atoms with Gasteiger partial charge >= 0.3 is 0 Å². The first-order valence-corrected chi connectivity index (χ1v) is 13.6. The largest absolute Gasteiger partial charge is 0.478 e. The predicted molar refractivity (Wildman–Crippen MR) is 156 cm³/mol. The van der Waals surface area contributed by atoms with Gasteiger partial charge in [-0.15, -0.1) is 5.10 Å². The Balaban J connectivity index is 1.38. The number of fused-ring (bicyclic) bond motifs is 1. The van der Waals surface area contributed by atoms with Gasteiger partial charge in [0, 0.05) is 55.7 Å². The van der Waals surface area contributed by atoms with Crippen LogP contribution in [0.25, 0.3) is 22.2 Å². The molecule has 1 aliphatic heterocycles. The fourth-order valence-corrected chi connectivity index (χ4v) is 5.47. The van der Waals surface area contributed by atoms with E-state index in [1.54, 1.807) is 24.2 Å². The number of H-pyrrole nitrogens is 1. The molecule has 1 unspecified atom stereocenters. The number of aromatic nitrogens is 6. The average Bonchev–Trinajstić information content (AvgIpc) is 3.53. The van der Waals surface area contributed by atoms with E-state index in [9.17, 15) is 4.79 Å². The molecule has 12 heteroatoms. The molecule has 0 saturated carbocycles. The first-order valence-electron chi connectivity index (χ1n) is 13.6. The van der Waals surface area contributed by atoms with Gasteiger partial charge in [0.1, 0.15) is 5.69 Å². The molecule has 1 amide bonds. The summed E-state index contributed by atoms with van der Waals surface area (Å²) in [4.78, 5) is 35.1. The minimum atomic E-state index is -0.197. The van der Waals surface area contributed by atoms with Gasteiger partial charge < -0.3 is 25.3 Å². The van der Waals surface area contributed by atoms with E-state index < -0.39 is 0 Å². The molecule has 0 aromatic carbocycles. The molecule has 5 rings (SSSR count). The van der Waals surface area contributed by atoms with Crippen LogP contribution in [0.1, 0.15) is 31.7 Å². The number of carbonyl (C=O) groups is 1. The molecular formula is C28H38N10O2. The maximum atomic E-state index is 13.4. The number of amides is 1. The molecule has 4 aromatic rings. The van der Waals surface area contributed by atoms with Crippen LogP contribution in [0.3, 0.4) is 0 Å². The number of aromatic amines is 1. The third-order valence-corrected chi connectivity index (χ3v) is 7.66. The van der Waals surface area contributed by atoms with E-state index in [2.05, 4.69) is 61.5 Å². The Morgan fingerprint density at radius 2 is 2.05 bits per heavy atom. The van der Waals surface area contributed by atoms with E-state index in [1.807, 2.05) is 32.4 Å². The highest BCUT2D eigenvalue weighted by atomic mass is 16.5. The molecule has 0 bridgehead atoms. The summed E-state index contributed by atoms with van der Waals surface area (Å²) in [6.45, 7) is 5.85. The van der Waals surface area contributed by atoms with Gasteiger partial charge in [0.05, 0.1) is 30.6 Å².